The number of carbonyl (C=O) groups is 2. The van der Waals surface area contributed by atoms with Gasteiger partial charge in [0.2, 0.25) is 5.91 Å². The molecule has 0 fully saturated rings. The third-order valence-corrected chi connectivity index (χ3v) is 2.95. The van der Waals surface area contributed by atoms with Crippen LogP contribution in [-0.2, 0) is 4.79 Å². The van der Waals surface area contributed by atoms with Crippen molar-refractivity contribution in [3.8, 4) is 0 Å². The largest absolute Gasteiger partial charge is 0.475 e. The lowest BCUT2D eigenvalue weighted by Gasteiger charge is -2.22. The molecule has 0 saturated carbocycles. The first-order chi connectivity index (χ1) is 10.3. The summed E-state index contributed by atoms with van der Waals surface area (Å²) in [7, 11) is -1.66. The molecular weight excluding hydrogens is 287 g/mol. The first kappa shape index (κ1) is 18.1. The van der Waals surface area contributed by atoms with Gasteiger partial charge in [-0.2, -0.15) is 0 Å². The predicted octanol–water partition coefficient (Wildman–Crippen LogP) is -0.862. The van der Waals surface area contributed by atoms with Crippen LogP contribution < -0.4 is 10.6 Å². The van der Waals surface area contributed by atoms with Crippen LogP contribution in [0.5, 0.6) is 0 Å². The van der Waals surface area contributed by atoms with Crippen LogP contribution in [0.3, 0.4) is 0 Å². The smallest absolute Gasteiger partial charge is 0.426 e. The molecule has 0 aliphatic rings. The summed E-state index contributed by atoms with van der Waals surface area (Å²) in [4.78, 5) is 31.5. The first-order valence-corrected chi connectivity index (χ1v) is 7.04. The molecule has 1 unspecified atom stereocenters. The summed E-state index contributed by atoms with van der Waals surface area (Å²) in [5, 5.41) is 23.6. The van der Waals surface area contributed by atoms with Crippen LogP contribution in [0.15, 0.2) is 18.6 Å². The zero-order valence-corrected chi connectivity index (χ0v) is 12.9. The van der Waals surface area contributed by atoms with Gasteiger partial charge in [0.25, 0.3) is 5.91 Å². The Hall–Kier alpha value is -2.00. The molecule has 1 aromatic heterocycles. The predicted molar refractivity (Wildman–Crippen MR) is 80.5 cm³/mol. The summed E-state index contributed by atoms with van der Waals surface area (Å²) in [6, 6.07) is -0.845. The molecule has 0 spiro atoms. The standard InChI is InChI=1S/C13H21BN4O4/c1-8(2)6-11(14(21)22)18-12(19)9(3)17-13(20)10-7-15-4-5-16-10/h4-5,7-9,11,21-22H,6H2,1-3H3,(H,17,20)(H,18,19)/t9?,11-/m0/s1. The van der Waals surface area contributed by atoms with E-state index in [4.69, 9.17) is 0 Å². The van der Waals surface area contributed by atoms with Crippen molar-refractivity contribution in [1.82, 2.24) is 20.6 Å². The maximum atomic E-state index is 12.0. The molecule has 0 aromatic carbocycles. The summed E-state index contributed by atoms with van der Waals surface area (Å²) >= 11 is 0. The molecule has 1 aromatic rings. The molecule has 2 atom stereocenters. The van der Waals surface area contributed by atoms with Crippen LogP contribution in [0.2, 0.25) is 0 Å². The van der Waals surface area contributed by atoms with E-state index in [-0.39, 0.29) is 11.6 Å². The lowest BCUT2D eigenvalue weighted by molar-refractivity contribution is -0.123. The van der Waals surface area contributed by atoms with Crippen molar-refractivity contribution in [1.29, 1.82) is 0 Å². The Morgan fingerprint density at radius 2 is 1.91 bits per heavy atom. The van der Waals surface area contributed by atoms with Crippen molar-refractivity contribution in [2.24, 2.45) is 5.92 Å². The Labute approximate surface area is 129 Å². The second-order valence-corrected chi connectivity index (χ2v) is 5.44. The summed E-state index contributed by atoms with van der Waals surface area (Å²) < 4.78 is 0. The highest BCUT2D eigenvalue weighted by Gasteiger charge is 2.28. The lowest BCUT2D eigenvalue weighted by atomic mass is 9.75. The van der Waals surface area contributed by atoms with Crippen LogP contribution in [-0.4, -0.2) is 50.9 Å². The van der Waals surface area contributed by atoms with E-state index in [1.54, 1.807) is 0 Å². The Balaban J connectivity index is 2.59. The zero-order chi connectivity index (χ0) is 16.7. The number of hydrogen-bond donors (Lipinski definition) is 4. The molecule has 120 valence electrons. The SMILES string of the molecule is CC(C)C[C@H](NC(=O)C(C)NC(=O)c1cnccn1)B(O)O. The molecule has 0 bridgehead atoms. The van der Waals surface area contributed by atoms with E-state index in [1.165, 1.54) is 25.5 Å². The van der Waals surface area contributed by atoms with Crippen molar-refractivity contribution in [2.45, 2.75) is 39.2 Å². The molecule has 1 rings (SSSR count). The summed E-state index contributed by atoms with van der Waals surface area (Å²) in [5.74, 6) is -1.64. The molecule has 0 aliphatic heterocycles. The van der Waals surface area contributed by atoms with Crippen molar-refractivity contribution < 1.29 is 19.6 Å². The maximum Gasteiger partial charge on any atom is 0.475 e. The molecule has 0 saturated heterocycles. The number of amides is 2. The first-order valence-electron chi connectivity index (χ1n) is 7.04. The van der Waals surface area contributed by atoms with Crippen LogP contribution in [0.1, 0.15) is 37.7 Å². The van der Waals surface area contributed by atoms with Gasteiger partial charge in [-0.25, -0.2) is 4.98 Å². The van der Waals surface area contributed by atoms with Crippen LogP contribution in [0, 0.1) is 5.92 Å². The lowest BCUT2D eigenvalue weighted by Crippen LogP contribution is -2.53. The van der Waals surface area contributed by atoms with E-state index in [0.29, 0.717) is 6.42 Å². The summed E-state index contributed by atoms with van der Waals surface area (Å²) in [5.41, 5.74) is 0.100. The number of carbonyl (C=O) groups excluding carboxylic acids is 2. The molecular formula is C13H21BN4O4. The fourth-order valence-corrected chi connectivity index (χ4v) is 1.82. The van der Waals surface area contributed by atoms with Crippen LogP contribution in [0.4, 0.5) is 0 Å². The van der Waals surface area contributed by atoms with Gasteiger partial charge in [0, 0.05) is 12.4 Å². The summed E-state index contributed by atoms with van der Waals surface area (Å²) in [6.45, 7) is 5.31. The van der Waals surface area contributed by atoms with Crippen LogP contribution >= 0.6 is 0 Å². The normalized spacial score (nSPS) is 13.4. The Bertz CT molecular complexity index is 498. The third-order valence-electron chi connectivity index (χ3n) is 2.95. The van der Waals surface area contributed by atoms with Gasteiger partial charge in [-0.05, 0) is 19.3 Å². The minimum atomic E-state index is -1.66. The average molecular weight is 308 g/mol. The average Bonchev–Trinajstić information content (AvgIpc) is 2.46. The minimum Gasteiger partial charge on any atom is -0.426 e. The Kier molecular flexibility index (Phi) is 6.93. The zero-order valence-electron chi connectivity index (χ0n) is 12.9. The van der Waals surface area contributed by atoms with Crippen LogP contribution in [0.25, 0.3) is 0 Å². The van der Waals surface area contributed by atoms with Gasteiger partial charge in [-0.3, -0.25) is 14.6 Å². The van der Waals surface area contributed by atoms with Gasteiger partial charge in [-0.15, -0.1) is 0 Å². The number of rotatable bonds is 7. The molecule has 9 heteroatoms. The monoisotopic (exact) mass is 308 g/mol. The van der Waals surface area contributed by atoms with E-state index in [1.807, 2.05) is 13.8 Å². The molecule has 1 heterocycles. The second-order valence-electron chi connectivity index (χ2n) is 5.44. The van der Waals surface area contributed by atoms with Crippen molar-refractivity contribution in [3.05, 3.63) is 24.3 Å². The molecule has 4 N–H and O–H groups in total. The highest BCUT2D eigenvalue weighted by Crippen LogP contribution is 2.06. The number of aromatic nitrogens is 2. The number of hydrogen-bond acceptors (Lipinski definition) is 6. The Morgan fingerprint density at radius 3 is 2.41 bits per heavy atom. The fourth-order valence-electron chi connectivity index (χ4n) is 1.82. The highest BCUT2D eigenvalue weighted by atomic mass is 16.4. The molecule has 8 nitrogen and oxygen atoms in total. The second kappa shape index (κ2) is 8.45. The van der Waals surface area contributed by atoms with Gasteiger partial charge in [0.15, 0.2) is 0 Å². The van der Waals surface area contributed by atoms with E-state index in [2.05, 4.69) is 20.6 Å². The van der Waals surface area contributed by atoms with E-state index in [9.17, 15) is 19.6 Å². The molecule has 0 aliphatic carbocycles. The van der Waals surface area contributed by atoms with Gasteiger partial charge < -0.3 is 20.7 Å². The van der Waals surface area contributed by atoms with Crippen molar-refractivity contribution in [3.63, 3.8) is 0 Å². The van der Waals surface area contributed by atoms with Gasteiger partial charge in [-0.1, -0.05) is 13.8 Å². The minimum absolute atomic E-state index is 0.100. The highest BCUT2D eigenvalue weighted by molar-refractivity contribution is 6.43. The molecule has 2 amide bonds. The number of nitrogens with one attached hydrogen (secondary N) is 2. The topological polar surface area (TPSA) is 124 Å². The maximum absolute atomic E-state index is 12.0. The number of nitrogens with zero attached hydrogens (tertiary/aromatic N) is 2. The third kappa shape index (κ3) is 5.78. The van der Waals surface area contributed by atoms with E-state index < -0.39 is 30.9 Å². The Morgan fingerprint density at radius 1 is 1.23 bits per heavy atom. The van der Waals surface area contributed by atoms with Gasteiger partial charge >= 0.3 is 7.12 Å². The van der Waals surface area contributed by atoms with Gasteiger partial charge in [0.1, 0.15) is 11.7 Å². The quantitative estimate of drug-likeness (QED) is 0.486. The molecule has 0 radical (unpaired) electrons. The van der Waals surface area contributed by atoms with Crippen molar-refractivity contribution in [2.75, 3.05) is 0 Å². The van der Waals surface area contributed by atoms with E-state index >= 15 is 0 Å². The van der Waals surface area contributed by atoms with E-state index in [0.717, 1.165) is 0 Å². The van der Waals surface area contributed by atoms with Gasteiger partial charge in [0.05, 0.1) is 12.1 Å². The van der Waals surface area contributed by atoms with Crippen molar-refractivity contribution >= 4 is 18.9 Å². The fraction of sp³-hybridized carbons (Fsp3) is 0.538. The summed E-state index contributed by atoms with van der Waals surface area (Å²) in [6.07, 6.45) is 4.51. The molecule has 22 heavy (non-hydrogen) atoms.